The molecule has 0 unspecified atom stereocenters. The van der Waals surface area contributed by atoms with E-state index in [1.807, 2.05) is 25.1 Å². The Hall–Kier alpha value is -2.49. The summed E-state index contributed by atoms with van der Waals surface area (Å²) in [5, 5.41) is 2.77. The molecule has 0 bridgehead atoms. The summed E-state index contributed by atoms with van der Waals surface area (Å²) in [6.07, 6.45) is 8.27. The smallest absolute Gasteiger partial charge is 0.248 e. The third kappa shape index (κ3) is 3.52. The molecule has 90 valence electrons. The van der Waals surface area contributed by atoms with E-state index in [1.54, 1.807) is 30.7 Å². The van der Waals surface area contributed by atoms with E-state index in [0.29, 0.717) is 0 Å². The fourth-order valence-corrected chi connectivity index (χ4v) is 1.45. The van der Waals surface area contributed by atoms with Crippen LogP contribution < -0.4 is 5.32 Å². The van der Waals surface area contributed by atoms with Crippen LogP contribution in [-0.2, 0) is 4.79 Å². The van der Waals surface area contributed by atoms with Crippen molar-refractivity contribution < 1.29 is 4.79 Å². The van der Waals surface area contributed by atoms with E-state index >= 15 is 0 Å². The summed E-state index contributed by atoms with van der Waals surface area (Å²) in [4.78, 5) is 19.6. The van der Waals surface area contributed by atoms with E-state index in [1.165, 1.54) is 6.08 Å². The zero-order chi connectivity index (χ0) is 12.8. The lowest BCUT2D eigenvalue weighted by molar-refractivity contribution is -0.111. The molecule has 2 aromatic heterocycles. The molecule has 1 amide bonds. The van der Waals surface area contributed by atoms with Crippen molar-refractivity contribution in [3.8, 4) is 0 Å². The highest BCUT2D eigenvalue weighted by atomic mass is 16.1. The third-order valence-corrected chi connectivity index (χ3v) is 2.30. The van der Waals surface area contributed by atoms with Crippen LogP contribution in [-0.4, -0.2) is 15.9 Å². The second-order valence-corrected chi connectivity index (χ2v) is 3.79. The van der Waals surface area contributed by atoms with Gasteiger partial charge in [0.1, 0.15) is 0 Å². The maximum absolute atomic E-state index is 11.7. The molecule has 0 atom stereocenters. The molecule has 4 nitrogen and oxygen atoms in total. The Labute approximate surface area is 105 Å². The third-order valence-electron chi connectivity index (χ3n) is 2.30. The normalized spacial score (nSPS) is 10.5. The number of hydrogen-bond acceptors (Lipinski definition) is 3. The SMILES string of the molecule is Cc1cc(NC(=O)C=Cc2ccncc2)ccn1. The molecule has 2 rings (SSSR count). The van der Waals surface area contributed by atoms with E-state index in [4.69, 9.17) is 0 Å². The number of nitrogens with one attached hydrogen (secondary N) is 1. The summed E-state index contributed by atoms with van der Waals surface area (Å²) in [7, 11) is 0. The minimum atomic E-state index is -0.169. The monoisotopic (exact) mass is 239 g/mol. The standard InChI is InChI=1S/C14H13N3O/c1-11-10-13(6-9-16-11)17-14(18)3-2-12-4-7-15-8-5-12/h2-10H,1H3,(H,16,17,18). The number of hydrogen-bond donors (Lipinski definition) is 1. The van der Waals surface area contributed by atoms with Crippen LogP contribution >= 0.6 is 0 Å². The van der Waals surface area contributed by atoms with Crippen molar-refractivity contribution >= 4 is 17.7 Å². The van der Waals surface area contributed by atoms with Crippen LogP contribution in [0.5, 0.6) is 0 Å². The molecular weight excluding hydrogens is 226 g/mol. The van der Waals surface area contributed by atoms with Gasteiger partial charge in [-0.15, -0.1) is 0 Å². The first-order valence-corrected chi connectivity index (χ1v) is 5.56. The number of pyridine rings is 2. The summed E-state index contributed by atoms with van der Waals surface area (Å²) in [6, 6.07) is 7.24. The molecule has 2 aromatic rings. The van der Waals surface area contributed by atoms with Gasteiger partial charge < -0.3 is 5.32 Å². The van der Waals surface area contributed by atoms with Gasteiger partial charge in [-0.05, 0) is 42.8 Å². The summed E-state index contributed by atoms with van der Waals surface area (Å²) < 4.78 is 0. The number of aryl methyl sites for hydroxylation is 1. The number of rotatable bonds is 3. The van der Waals surface area contributed by atoms with Gasteiger partial charge in [-0.3, -0.25) is 14.8 Å². The number of anilines is 1. The molecule has 4 heteroatoms. The van der Waals surface area contributed by atoms with Crippen LogP contribution in [0.15, 0.2) is 48.9 Å². The van der Waals surface area contributed by atoms with E-state index in [-0.39, 0.29) is 5.91 Å². The second-order valence-electron chi connectivity index (χ2n) is 3.79. The fourth-order valence-electron chi connectivity index (χ4n) is 1.45. The average molecular weight is 239 g/mol. The minimum Gasteiger partial charge on any atom is -0.322 e. The Balaban J connectivity index is 1.99. The van der Waals surface area contributed by atoms with Crippen molar-refractivity contribution in [2.24, 2.45) is 0 Å². The maximum Gasteiger partial charge on any atom is 0.248 e. The minimum absolute atomic E-state index is 0.169. The quantitative estimate of drug-likeness (QED) is 0.837. The maximum atomic E-state index is 11.7. The van der Waals surface area contributed by atoms with E-state index in [9.17, 15) is 4.79 Å². The van der Waals surface area contributed by atoms with Crippen LogP contribution in [0.4, 0.5) is 5.69 Å². The molecule has 0 aliphatic carbocycles. The van der Waals surface area contributed by atoms with Crippen molar-refractivity contribution in [1.82, 2.24) is 9.97 Å². The van der Waals surface area contributed by atoms with E-state index < -0.39 is 0 Å². The van der Waals surface area contributed by atoms with Gasteiger partial charge in [0.25, 0.3) is 0 Å². The largest absolute Gasteiger partial charge is 0.322 e. The summed E-state index contributed by atoms with van der Waals surface area (Å²) in [5.41, 5.74) is 2.55. The van der Waals surface area contributed by atoms with E-state index in [2.05, 4.69) is 15.3 Å². The molecule has 18 heavy (non-hydrogen) atoms. The van der Waals surface area contributed by atoms with Crippen molar-refractivity contribution in [1.29, 1.82) is 0 Å². The van der Waals surface area contributed by atoms with Gasteiger partial charge in [-0.2, -0.15) is 0 Å². The number of amides is 1. The van der Waals surface area contributed by atoms with Gasteiger partial charge in [0.15, 0.2) is 0 Å². The summed E-state index contributed by atoms with van der Waals surface area (Å²) in [5.74, 6) is -0.169. The Kier molecular flexibility index (Phi) is 3.81. The molecule has 0 spiro atoms. The van der Waals surface area contributed by atoms with Gasteiger partial charge in [0.2, 0.25) is 5.91 Å². The predicted octanol–water partition coefficient (Wildman–Crippen LogP) is 2.44. The zero-order valence-corrected chi connectivity index (χ0v) is 10.00. The lowest BCUT2D eigenvalue weighted by atomic mass is 10.2. The molecular formula is C14H13N3O. The highest BCUT2D eigenvalue weighted by Crippen LogP contribution is 2.07. The summed E-state index contributed by atoms with van der Waals surface area (Å²) in [6.45, 7) is 1.88. The molecule has 2 heterocycles. The number of carbonyl (C=O) groups is 1. The Bertz CT molecular complexity index is 564. The first kappa shape index (κ1) is 12.0. The van der Waals surface area contributed by atoms with Crippen molar-refractivity contribution in [2.75, 3.05) is 5.32 Å². The fraction of sp³-hybridized carbons (Fsp3) is 0.0714. The number of carbonyl (C=O) groups excluding carboxylic acids is 1. The predicted molar refractivity (Wildman–Crippen MR) is 70.9 cm³/mol. The van der Waals surface area contributed by atoms with Gasteiger partial charge in [-0.25, -0.2) is 0 Å². The van der Waals surface area contributed by atoms with Crippen molar-refractivity contribution in [2.45, 2.75) is 6.92 Å². The van der Waals surface area contributed by atoms with Crippen molar-refractivity contribution in [3.05, 3.63) is 60.2 Å². The van der Waals surface area contributed by atoms with Crippen molar-refractivity contribution in [3.63, 3.8) is 0 Å². The van der Waals surface area contributed by atoms with Gasteiger partial charge in [0.05, 0.1) is 0 Å². The average Bonchev–Trinajstić information content (AvgIpc) is 2.38. The van der Waals surface area contributed by atoms with Gasteiger partial charge >= 0.3 is 0 Å². The highest BCUT2D eigenvalue weighted by Gasteiger charge is 1.98. The lowest BCUT2D eigenvalue weighted by Crippen LogP contribution is -2.07. The Morgan fingerprint density at radius 3 is 2.72 bits per heavy atom. The molecule has 0 aromatic carbocycles. The first-order valence-electron chi connectivity index (χ1n) is 5.56. The molecule has 0 saturated heterocycles. The second kappa shape index (κ2) is 5.72. The molecule has 1 N–H and O–H groups in total. The molecule has 0 radical (unpaired) electrons. The summed E-state index contributed by atoms with van der Waals surface area (Å²) >= 11 is 0. The van der Waals surface area contributed by atoms with Crippen LogP contribution in [0.1, 0.15) is 11.3 Å². The topological polar surface area (TPSA) is 54.9 Å². The number of aromatic nitrogens is 2. The molecule has 0 fully saturated rings. The Morgan fingerprint density at radius 1 is 1.22 bits per heavy atom. The van der Waals surface area contributed by atoms with Crippen LogP contribution in [0.3, 0.4) is 0 Å². The van der Waals surface area contributed by atoms with Gasteiger partial charge in [-0.1, -0.05) is 0 Å². The zero-order valence-electron chi connectivity index (χ0n) is 10.00. The van der Waals surface area contributed by atoms with Crippen LogP contribution in [0.2, 0.25) is 0 Å². The molecule has 0 saturated carbocycles. The first-order chi connectivity index (χ1) is 8.74. The van der Waals surface area contributed by atoms with E-state index in [0.717, 1.165) is 16.9 Å². The van der Waals surface area contributed by atoms with Gasteiger partial charge in [0, 0.05) is 36.0 Å². The van der Waals surface area contributed by atoms with Crippen LogP contribution in [0, 0.1) is 6.92 Å². The molecule has 0 aliphatic rings. The lowest BCUT2D eigenvalue weighted by Gasteiger charge is -2.02. The number of nitrogens with zero attached hydrogens (tertiary/aromatic N) is 2. The highest BCUT2D eigenvalue weighted by molar-refractivity contribution is 6.01. The Morgan fingerprint density at radius 2 is 2.00 bits per heavy atom. The van der Waals surface area contributed by atoms with Crippen LogP contribution in [0.25, 0.3) is 6.08 Å². The molecule has 0 aliphatic heterocycles.